The molecule has 2 aromatic rings. The lowest BCUT2D eigenvalue weighted by Crippen LogP contribution is -2.40. The van der Waals surface area contributed by atoms with Gasteiger partial charge in [0.2, 0.25) is 0 Å². The third kappa shape index (κ3) is 4.65. The maximum Gasteiger partial charge on any atom is 0.251 e. The highest BCUT2D eigenvalue weighted by atomic mass is 16.6. The molecule has 5 heteroatoms. The summed E-state index contributed by atoms with van der Waals surface area (Å²) >= 11 is 0. The highest BCUT2D eigenvalue weighted by Crippen LogP contribution is 2.30. The molecule has 1 N–H and O–H groups in total. The number of carbonyl (C=O) groups excluding carboxylic acids is 1. The molecule has 2 aliphatic heterocycles. The molecule has 1 saturated heterocycles. The molecule has 1 fully saturated rings. The van der Waals surface area contributed by atoms with Crippen molar-refractivity contribution < 1.29 is 14.3 Å². The van der Waals surface area contributed by atoms with E-state index >= 15 is 0 Å². The van der Waals surface area contributed by atoms with Crippen LogP contribution in [0.15, 0.2) is 48.5 Å². The number of rotatable bonds is 5. The number of piperidine rings is 1. The summed E-state index contributed by atoms with van der Waals surface area (Å²) in [6.07, 6.45) is 2.43. The van der Waals surface area contributed by atoms with Gasteiger partial charge in [-0.05, 0) is 55.1 Å². The van der Waals surface area contributed by atoms with Crippen LogP contribution in [0.4, 0.5) is 0 Å². The van der Waals surface area contributed by atoms with Crippen LogP contribution in [0.5, 0.6) is 11.5 Å². The Bertz CT molecular complexity index is 806. The van der Waals surface area contributed by atoms with Gasteiger partial charge in [-0.3, -0.25) is 9.69 Å². The van der Waals surface area contributed by atoms with E-state index in [9.17, 15) is 4.79 Å². The molecule has 0 spiro atoms. The predicted octanol–water partition coefficient (Wildman–Crippen LogP) is 3.49. The van der Waals surface area contributed by atoms with E-state index in [0.717, 1.165) is 30.5 Å². The minimum Gasteiger partial charge on any atom is -0.486 e. The summed E-state index contributed by atoms with van der Waals surface area (Å²) < 4.78 is 11.6. The molecular weight excluding hydrogens is 352 g/mol. The van der Waals surface area contributed by atoms with Crippen LogP contribution in [0.25, 0.3) is 0 Å². The zero-order valence-corrected chi connectivity index (χ0v) is 16.4. The Morgan fingerprint density at radius 1 is 1.14 bits per heavy atom. The third-order valence-electron chi connectivity index (χ3n) is 5.42. The molecule has 2 aliphatic rings. The van der Waals surface area contributed by atoms with Gasteiger partial charge >= 0.3 is 0 Å². The van der Waals surface area contributed by atoms with Crippen molar-refractivity contribution in [2.45, 2.75) is 32.4 Å². The number of hydrogen-bond acceptors (Lipinski definition) is 4. The van der Waals surface area contributed by atoms with E-state index in [4.69, 9.17) is 9.47 Å². The second-order valence-electron chi connectivity index (χ2n) is 7.89. The minimum atomic E-state index is -0.181. The summed E-state index contributed by atoms with van der Waals surface area (Å²) in [5, 5.41) is 2.95. The van der Waals surface area contributed by atoms with Crippen molar-refractivity contribution in [3.05, 3.63) is 59.7 Å². The van der Waals surface area contributed by atoms with E-state index < -0.39 is 0 Å². The topological polar surface area (TPSA) is 50.8 Å². The number of amides is 1. The highest BCUT2D eigenvalue weighted by Gasteiger charge is 2.21. The second-order valence-corrected chi connectivity index (χ2v) is 7.89. The molecule has 2 heterocycles. The molecular formula is C23H28N2O3. The number of para-hydroxylation sites is 2. The smallest absolute Gasteiger partial charge is 0.251 e. The SMILES string of the molecule is C[C@@H]1CCCN(Cc2ccc(C(=O)NC[C@H]3COc4ccccc4O3)cc2)C1. The molecule has 0 unspecified atom stereocenters. The number of fused-ring (bicyclic) bond motifs is 1. The Hall–Kier alpha value is -2.53. The number of nitrogens with one attached hydrogen (secondary N) is 1. The zero-order valence-electron chi connectivity index (χ0n) is 16.4. The van der Waals surface area contributed by atoms with Crippen molar-refractivity contribution in [3.8, 4) is 11.5 Å². The number of carbonyl (C=O) groups is 1. The first-order valence-electron chi connectivity index (χ1n) is 10.2. The van der Waals surface area contributed by atoms with Gasteiger partial charge in [0, 0.05) is 18.7 Å². The number of nitrogens with zero attached hydrogens (tertiary/aromatic N) is 1. The van der Waals surface area contributed by atoms with Crippen LogP contribution in [-0.4, -0.2) is 43.2 Å². The first kappa shape index (κ1) is 18.8. The Kier molecular flexibility index (Phi) is 5.81. The zero-order chi connectivity index (χ0) is 19.3. The average molecular weight is 380 g/mol. The van der Waals surface area contributed by atoms with Crippen molar-refractivity contribution in [1.29, 1.82) is 0 Å². The minimum absolute atomic E-state index is 0.0828. The average Bonchev–Trinajstić information content (AvgIpc) is 2.72. The van der Waals surface area contributed by atoms with E-state index in [-0.39, 0.29) is 12.0 Å². The summed E-state index contributed by atoms with van der Waals surface area (Å²) in [5.74, 6) is 2.17. The Balaban J connectivity index is 1.27. The molecule has 2 aromatic carbocycles. The van der Waals surface area contributed by atoms with Gasteiger partial charge in [-0.25, -0.2) is 0 Å². The number of ether oxygens (including phenoxy) is 2. The normalized spacial score (nSPS) is 21.9. The first-order chi connectivity index (χ1) is 13.7. The Labute approximate surface area is 166 Å². The summed E-state index contributed by atoms with van der Waals surface area (Å²) in [6, 6.07) is 15.5. The Morgan fingerprint density at radius 2 is 1.93 bits per heavy atom. The molecule has 5 nitrogen and oxygen atoms in total. The van der Waals surface area contributed by atoms with Gasteiger partial charge in [0.05, 0.1) is 6.54 Å². The number of likely N-dealkylation sites (tertiary alicyclic amines) is 1. The molecule has 148 valence electrons. The van der Waals surface area contributed by atoms with E-state index in [0.29, 0.717) is 18.7 Å². The number of benzene rings is 2. The fraction of sp³-hybridized carbons (Fsp3) is 0.435. The van der Waals surface area contributed by atoms with Crippen LogP contribution >= 0.6 is 0 Å². The second kappa shape index (κ2) is 8.65. The van der Waals surface area contributed by atoms with Crippen LogP contribution in [0.3, 0.4) is 0 Å². The molecule has 4 rings (SSSR count). The van der Waals surface area contributed by atoms with E-state index in [2.05, 4.69) is 29.3 Å². The lowest BCUT2D eigenvalue weighted by molar-refractivity contribution is 0.0789. The van der Waals surface area contributed by atoms with Crippen molar-refractivity contribution in [3.63, 3.8) is 0 Å². The highest BCUT2D eigenvalue weighted by molar-refractivity contribution is 5.94. The van der Waals surface area contributed by atoms with E-state index in [1.54, 1.807) is 0 Å². The fourth-order valence-electron chi connectivity index (χ4n) is 3.92. The standard InChI is InChI=1S/C23H28N2O3/c1-17-5-4-12-25(14-17)15-18-8-10-19(11-9-18)23(26)24-13-20-16-27-21-6-2-3-7-22(21)28-20/h2-3,6-11,17,20H,4-5,12-16H2,1H3,(H,24,26)/t17-,20+/m1/s1. The number of hydrogen-bond donors (Lipinski definition) is 1. The van der Waals surface area contributed by atoms with Crippen molar-refractivity contribution >= 4 is 5.91 Å². The van der Waals surface area contributed by atoms with Gasteiger partial charge in [-0.2, -0.15) is 0 Å². The monoisotopic (exact) mass is 380 g/mol. The molecule has 0 aromatic heterocycles. The third-order valence-corrected chi connectivity index (χ3v) is 5.42. The quantitative estimate of drug-likeness (QED) is 0.863. The Morgan fingerprint density at radius 3 is 2.71 bits per heavy atom. The molecule has 0 radical (unpaired) electrons. The fourth-order valence-corrected chi connectivity index (χ4v) is 3.92. The molecule has 2 atom stereocenters. The predicted molar refractivity (Wildman–Crippen MR) is 109 cm³/mol. The van der Waals surface area contributed by atoms with Crippen LogP contribution < -0.4 is 14.8 Å². The lowest BCUT2D eigenvalue weighted by atomic mass is 9.99. The summed E-state index contributed by atoms with van der Waals surface area (Å²) in [4.78, 5) is 15.0. The summed E-state index contributed by atoms with van der Waals surface area (Å²) in [7, 11) is 0. The van der Waals surface area contributed by atoms with Crippen LogP contribution in [0.1, 0.15) is 35.7 Å². The van der Waals surface area contributed by atoms with Crippen molar-refractivity contribution in [1.82, 2.24) is 10.2 Å². The van der Waals surface area contributed by atoms with Gasteiger partial charge < -0.3 is 14.8 Å². The van der Waals surface area contributed by atoms with E-state index in [1.165, 1.54) is 24.9 Å². The van der Waals surface area contributed by atoms with Crippen LogP contribution in [0, 0.1) is 5.92 Å². The molecule has 0 saturated carbocycles. The van der Waals surface area contributed by atoms with Gasteiger partial charge in [0.15, 0.2) is 11.5 Å². The van der Waals surface area contributed by atoms with E-state index in [1.807, 2.05) is 36.4 Å². The largest absolute Gasteiger partial charge is 0.486 e. The lowest BCUT2D eigenvalue weighted by Gasteiger charge is -2.30. The van der Waals surface area contributed by atoms with Crippen molar-refractivity contribution in [2.75, 3.05) is 26.2 Å². The van der Waals surface area contributed by atoms with Gasteiger partial charge in [0.1, 0.15) is 12.7 Å². The maximum absolute atomic E-state index is 12.5. The van der Waals surface area contributed by atoms with Gasteiger partial charge in [0.25, 0.3) is 5.91 Å². The maximum atomic E-state index is 12.5. The van der Waals surface area contributed by atoms with Crippen LogP contribution in [0.2, 0.25) is 0 Å². The molecule has 1 amide bonds. The first-order valence-corrected chi connectivity index (χ1v) is 10.2. The summed E-state index contributed by atoms with van der Waals surface area (Å²) in [6.45, 7) is 6.46. The summed E-state index contributed by atoms with van der Waals surface area (Å²) in [5.41, 5.74) is 1.93. The van der Waals surface area contributed by atoms with Crippen molar-refractivity contribution in [2.24, 2.45) is 5.92 Å². The van der Waals surface area contributed by atoms with Crippen LogP contribution in [-0.2, 0) is 6.54 Å². The van der Waals surface area contributed by atoms with Gasteiger partial charge in [-0.1, -0.05) is 31.2 Å². The molecule has 0 aliphatic carbocycles. The van der Waals surface area contributed by atoms with Gasteiger partial charge in [-0.15, -0.1) is 0 Å². The molecule has 0 bridgehead atoms. The molecule has 28 heavy (non-hydrogen) atoms.